The maximum atomic E-state index is 14.3. The van der Waals surface area contributed by atoms with Crippen molar-refractivity contribution in [3.63, 3.8) is 0 Å². The summed E-state index contributed by atoms with van der Waals surface area (Å²) in [4.78, 5) is 29.2. The number of rotatable bonds is 5. The van der Waals surface area contributed by atoms with E-state index in [0.29, 0.717) is 21.3 Å². The number of hydrogen-bond acceptors (Lipinski definition) is 3. The van der Waals surface area contributed by atoms with E-state index in [-0.39, 0.29) is 16.8 Å². The normalized spacial score (nSPS) is 12.8. The number of hydrogen-bond donors (Lipinski definition) is 1. The summed E-state index contributed by atoms with van der Waals surface area (Å²) in [5, 5.41) is 9.78. The van der Waals surface area contributed by atoms with Gasteiger partial charge < -0.3 is 9.67 Å². The van der Waals surface area contributed by atoms with Crippen LogP contribution in [-0.4, -0.2) is 21.6 Å². The van der Waals surface area contributed by atoms with Crippen LogP contribution >= 0.6 is 11.3 Å². The van der Waals surface area contributed by atoms with Crippen molar-refractivity contribution in [3.8, 4) is 11.1 Å². The van der Waals surface area contributed by atoms with Gasteiger partial charge in [-0.3, -0.25) is 4.79 Å². The maximum Gasteiger partial charge on any atom is 0.326 e. The molecule has 0 radical (unpaired) electrons. The Bertz CT molecular complexity index is 1440. The number of thiazole rings is 1. The SMILES string of the molecule is CCC(C(=O)O)n1c(=NC(=O)c2ccc(C)cc2)sc2cc(-c3cccc(F)c3F)ccc21. The Hall–Kier alpha value is -3.65. The number of fused-ring (bicyclic) bond motifs is 1. The lowest BCUT2D eigenvalue weighted by atomic mass is 10.0. The first-order chi connectivity index (χ1) is 15.8. The zero-order valence-electron chi connectivity index (χ0n) is 17.9. The topological polar surface area (TPSA) is 71.7 Å². The van der Waals surface area contributed by atoms with Crippen molar-refractivity contribution in [2.75, 3.05) is 0 Å². The Kier molecular flexibility index (Phi) is 6.20. The van der Waals surface area contributed by atoms with Crippen molar-refractivity contribution < 1.29 is 23.5 Å². The molecule has 33 heavy (non-hydrogen) atoms. The number of aromatic nitrogens is 1. The molecule has 0 aliphatic carbocycles. The number of carbonyl (C=O) groups excluding carboxylic acids is 1. The molecule has 0 fully saturated rings. The number of carbonyl (C=O) groups is 2. The van der Waals surface area contributed by atoms with Crippen LogP contribution in [0.2, 0.25) is 0 Å². The van der Waals surface area contributed by atoms with E-state index in [1.165, 1.54) is 16.7 Å². The molecule has 0 saturated heterocycles. The van der Waals surface area contributed by atoms with Crippen LogP contribution in [-0.2, 0) is 4.79 Å². The maximum absolute atomic E-state index is 14.3. The molecular weight excluding hydrogens is 446 g/mol. The lowest BCUT2D eigenvalue weighted by Crippen LogP contribution is -2.27. The summed E-state index contributed by atoms with van der Waals surface area (Å²) in [5.74, 6) is -3.46. The van der Waals surface area contributed by atoms with Gasteiger partial charge in [0.05, 0.1) is 10.2 Å². The highest BCUT2D eigenvalue weighted by Gasteiger charge is 2.23. The summed E-state index contributed by atoms with van der Waals surface area (Å²) in [5.41, 5.74) is 2.46. The van der Waals surface area contributed by atoms with E-state index in [1.807, 2.05) is 6.92 Å². The number of carboxylic acids is 1. The molecule has 5 nitrogen and oxygen atoms in total. The lowest BCUT2D eigenvalue weighted by Gasteiger charge is -2.13. The van der Waals surface area contributed by atoms with E-state index in [4.69, 9.17) is 0 Å². The zero-order valence-corrected chi connectivity index (χ0v) is 18.7. The summed E-state index contributed by atoms with van der Waals surface area (Å²) in [6, 6.07) is 14.8. The van der Waals surface area contributed by atoms with Gasteiger partial charge in [0.15, 0.2) is 16.4 Å². The van der Waals surface area contributed by atoms with E-state index < -0.39 is 29.6 Å². The van der Waals surface area contributed by atoms with Gasteiger partial charge in [-0.25, -0.2) is 13.6 Å². The molecule has 1 amide bonds. The first-order valence-corrected chi connectivity index (χ1v) is 11.1. The number of carboxylic acid groups (broad SMARTS) is 1. The van der Waals surface area contributed by atoms with Crippen molar-refractivity contribution in [2.24, 2.45) is 4.99 Å². The van der Waals surface area contributed by atoms with Gasteiger partial charge in [0.2, 0.25) is 0 Å². The smallest absolute Gasteiger partial charge is 0.326 e. The third-order valence-electron chi connectivity index (χ3n) is 5.37. The molecule has 1 heterocycles. The Labute approximate surface area is 192 Å². The van der Waals surface area contributed by atoms with Crippen molar-refractivity contribution in [3.05, 3.63) is 88.2 Å². The number of aryl methyl sites for hydroxylation is 1. The van der Waals surface area contributed by atoms with Crippen molar-refractivity contribution in [2.45, 2.75) is 26.3 Å². The molecule has 3 aromatic carbocycles. The molecule has 0 aliphatic heterocycles. The fraction of sp³-hybridized carbons (Fsp3) is 0.160. The summed E-state index contributed by atoms with van der Waals surface area (Å²) >= 11 is 1.13. The van der Waals surface area contributed by atoms with Gasteiger partial charge in [-0.2, -0.15) is 4.99 Å². The van der Waals surface area contributed by atoms with Gasteiger partial charge in [0.25, 0.3) is 5.91 Å². The van der Waals surface area contributed by atoms with E-state index in [1.54, 1.807) is 49.4 Å². The van der Waals surface area contributed by atoms with Gasteiger partial charge in [0.1, 0.15) is 6.04 Å². The second kappa shape index (κ2) is 9.07. The third kappa shape index (κ3) is 4.34. The van der Waals surface area contributed by atoms with Crippen LogP contribution in [0.4, 0.5) is 8.78 Å². The highest BCUT2D eigenvalue weighted by molar-refractivity contribution is 7.16. The van der Waals surface area contributed by atoms with Gasteiger partial charge in [0, 0.05) is 11.1 Å². The molecule has 1 unspecified atom stereocenters. The summed E-state index contributed by atoms with van der Waals surface area (Å²) in [6.07, 6.45) is 0.271. The van der Waals surface area contributed by atoms with Gasteiger partial charge in [-0.05, 0) is 49.2 Å². The minimum atomic E-state index is -1.05. The predicted octanol–water partition coefficient (Wildman–Crippen LogP) is 5.73. The zero-order chi connectivity index (χ0) is 23.7. The molecule has 0 bridgehead atoms. The van der Waals surface area contributed by atoms with Crippen molar-refractivity contribution >= 4 is 33.4 Å². The van der Waals surface area contributed by atoms with E-state index >= 15 is 0 Å². The monoisotopic (exact) mass is 466 g/mol. The minimum absolute atomic E-state index is 0.0938. The second-order valence-corrected chi connectivity index (χ2v) is 8.59. The third-order valence-corrected chi connectivity index (χ3v) is 6.39. The average molecular weight is 467 g/mol. The number of aliphatic carboxylic acids is 1. The van der Waals surface area contributed by atoms with Gasteiger partial charge >= 0.3 is 5.97 Å². The molecule has 1 atom stereocenters. The molecule has 8 heteroatoms. The Morgan fingerprint density at radius 2 is 1.82 bits per heavy atom. The van der Waals surface area contributed by atoms with Crippen LogP contribution in [0.5, 0.6) is 0 Å². The van der Waals surface area contributed by atoms with E-state index in [2.05, 4.69) is 4.99 Å². The lowest BCUT2D eigenvalue weighted by molar-refractivity contribution is -0.140. The van der Waals surface area contributed by atoms with Gasteiger partial charge in [-0.15, -0.1) is 0 Å². The van der Waals surface area contributed by atoms with Crippen molar-refractivity contribution in [1.29, 1.82) is 0 Å². The number of nitrogens with zero attached hydrogens (tertiary/aromatic N) is 2. The first kappa shape index (κ1) is 22.5. The summed E-state index contributed by atoms with van der Waals surface area (Å²) in [6.45, 7) is 3.64. The van der Waals surface area contributed by atoms with Crippen LogP contribution in [0.3, 0.4) is 0 Å². The van der Waals surface area contributed by atoms with E-state index in [9.17, 15) is 23.5 Å². The molecule has 1 N–H and O–H groups in total. The highest BCUT2D eigenvalue weighted by atomic mass is 32.1. The fourth-order valence-corrected chi connectivity index (χ4v) is 4.74. The van der Waals surface area contributed by atoms with Crippen molar-refractivity contribution in [1.82, 2.24) is 4.57 Å². The first-order valence-electron chi connectivity index (χ1n) is 10.3. The Morgan fingerprint density at radius 3 is 2.48 bits per heavy atom. The fourth-order valence-electron chi connectivity index (χ4n) is 3.63. The number of benzene rings is 3. The molecule has 0 aliphatic rings. The minimum Gasteiger partial charge on any atom is -0.480 e. The quantitative estimate of drug-likeness (QED) is 0.408. The molecule has 0 spiro atoms. The van der Waals surface area contributed by atoms with Crippen LogP contribution in [0, 0.1) is 18.6 Å². The predicted molar refractivity (Wildman–Crippen MR) is 123 cm³/mol. The summed E-state index contributed by atoms with van der Waals surface area (Å²) < 4.78 is 30.2. The number of amides is 1. The second-order valence-electron chi connectivity index (χ2n) is 7.58. The highest BCUT2D eigenvalue weighted by Crippen LogP contribution is 2.30. The number of halogens is 2. The van der Waals surface area contributed by atoms with E-state index in [0.717, 1.165) is 23.0 Å². The standard InChI is InChI=1S/C25H20F2N2O3S/c1-3-19(24(31)32)29-20-12-11-16(17-5-4-6-18(26)22(17)27)13-21(20)33-25(29)28-23(30)15-9-7-14(2)8-10-15/h4-13,19H,3H2,1-2H3,(H,31,32). The molecule has 0 saturated carbocycles. The molecule has 168 valence electrons. The van der Waals surface area contributed by atoms with Crippen LogP contribution in [0.25, 0.3) is 21.3 Å². The molecule has 4 aromatic rings. The van der Waals surface area contributed by atoms with Gasteiger partial charge in [-0.1, -0.05) is 54.2 Å². The largest absolute Gasteiger partial charge is 0.480 e. The molecule has 1 aromatic heterocycles. The van der Waals surface area contributed by atoms with Crippen LogP contribution in [0.1, 0.15) is 35.3 Å². The summed E-state index contributed by atoms with van der Waals surface area (Å²) in [7, 11) is 0. The average Bonchev–Trinajstić information content (AvgIpc) is 3.13. The Balaban J connectivity index is 1.92. The van der Waals surface area contributed by atoms with Crippen LogP contribution < -0.4 is 4.80 Å². The Morgan fingerprint density at radius 1 is 1.09 bits per heavy atom. The molecular formula is C25H20F2N2O3S. The van der Waals surface area contributed by atoms with Crippen LogP contribution in [0.15, 0.2) is 65.7 Å². The molecule has 4 rings (SSSR count).